The van der Waals surface area contributed by atoms with Gasteiger partial charge in [-0.3, -0.25) is 4.79 Å². The first-order valence-electron chi connectivity index (χ1n) is 10.1. The molecule has 3 unspecified atom stereocenters. The van der Waals surface area contributed by atoms with E-state index in [4.69, 9.17) is 0 Å². The molecule has 3 aliphatic carbocycles. The maximum Gasteiger partial charge on any atom is 0.169 e. The van der Waals surface area contributed by atoms with E-state index in [1.165, 1.54) is 33.9 Å². The molecule has 132 valence electrons. The molecule has 1 nitrogen and oxygen atoms in total. The molecule has 3 aliphatic rings. The minimum Gasteiger partial charge on any atom is -0.294 e. The number of carbonyl (C=O) groups is 1. The summed E-state index contributed by atoms with van der Waals surface area (Å²) in [5, 5.41) is 2.42. The van der Waals surface area contributed by atoms with E-state index in [-0.39, 0.29) is 5.41 Å². The second-order valence-electron chi connectivity index (χ2n) is 8.61. The van der Waals surface area contributed by atoms with E-state index < -0.39 is 0 Å². The molecule has 0 aliphatic heterocycles. The van der Waals surface area contributed by atoms with Crippen LogP contribution in [0.15, 0.2) is 72.8 Å². The normalized spacial score (nSPS) is 28.2. The number of aryl methyl sites for hydroxylation is 1. The molecule has 1 saturated carbocycles. The average molecular weight is 350 g/mol. The Kier molecular flexibility index (Phi) is 3.09. The molecule has 27 heavy (non-hydrogen) atoms. The number of carbonyl (C=O) groups excluding carboxylic acids is 1. The van der Waals surface area contributed by atoms with Gasteiger partial charge in [0.15, 0.2) is 5.78 Å². The van der Waals surface area contributed by atoms with Gasteiger partial charge in [0.05, 0.1) is 0 Å². The molecule has 1 spiro atoms. The molecule has 0 N–H and O–H groups in total. The van der Waals surface area contributed by atoms with E-state index in [1.54, 1.807) is 0 Å². The van der Waals surface area contributed by atoms with Crippen molar-refractivity contribution in [2.45, 2.75) is 25.7 Å². The number of rotatable bonds is 1. The van der Waals surface area contributed by atoms with Crippen molar-refractivity contribution >= 4 is 16.6 Å². The van der Waals surface area contributed by atoms with E-state index in [9.17, 15) is 4.79 Å². The fraction of sp³-hybridized carbons (Fsp3) is 0.269. The fourth-order valence-electron chi connectivity index (χ4n) is 5.82. The summed E-state index contributed by atoms with van der Waals surface area (Å²) >= 11 is 0. The van der Waals surface area contributed by atoms with Gasteiger partial charge in [0.25, 0.3) is 0 Å². The molecule has 3 atom stereocenters. The SMILES string of the molecule is O=C1c2cc3cc(-c4ccccc4)ccc3cc2CCC12CC1C=CC2C1. The minimum absolute atomic E-state index is 0.114. The first kappa shape index (κ1) is 15.4. The topological polar surface area (TPSA) is 17.1 Å². The van der Waals surface area contributed by atoms with Crippen molar-refractivity contribution in [1.29, 1.82) is 0 Å². The third-order valence-corrected chi connectivity index (χ3v) is 7.22. The zero-order chi connectivity index (χ0) is 18.0. The summed E-state index contributed by atoms with van der Waals surface area (Å²) in [5.41, 5.74) is 4.55. The zero-order valence-corrected chi connectivity index (χ0v) is 15.3. The highest BCUT2D eigenvalue weighted by Gasteiger charge is 2.54. The quantitative estimate of drug-likeness (QED) is 0.476. The maximum atomic E-state index is 13.6. The molecule has 3 aromatic rings. The van der Waals surface area contributed by atoms with Crippen LogP contribution >= 0.6 is 0 Å². The van der Waals surface area contributed by atoms with Crippen molar-refractivity contribution in [3.05, 3.63) is 83.9 Å². The monoisotopic (exact) mass is 350 g/mol. The molecule has 1 heteroatoms. The van der Waals surface area contributed by atoms with Gasteiger partial charge in [-0.05, 0) is 77.1 Å². The molecule has 6 rings (SSSR count). The second kappa shape index (κ2) is 5.42. The van der Waals surface area contributed by atoms with Gasteiger partial charge in [0, 0.05) is 11.0 Å². The van der Waals surface area contributed by atoms with E-state index in [0.717, 1.165) is 24.8 Å². The first-order valence-corrected chi connectivity index (χ1v) is 10.1. The third-order valence-electron chi connectivity index (χ3n) is 7.22. The number of hydrogen-bond donors (Lipinski definition) is 0. The lowest BCUT2D eigenvalue weighted by Gasteiger charge is -2.38. The Labute approximate surface area is 159 Å². The molecule has 3 aromatic carbocycles. The van der Waals surface area contributed by atoms with E-state index in [1.807, 2.05) is 6.07 Å². The summed E-state index contributed by atoms with van der Waals surface area (Å²) in [5.74, 6) is 1.51. The second-order valence-corrected chi connectivity index (χ2v) is 8.61. The Morgan fingerprint density at radius 3 is 2.52 bits per heavy atom. The molecule has 1 fully saturated rings. The van der Waals surface area contributed by atoms with Crippen molar-refractivity contribution < 1.29 is 4.79 Å². The summed E-state index contributed by atoms with van der Waals surface area (Å²) in [7, 11) is 0. The molecule has 0 aromatic heterocycles. The summed E-state index contributed by atoms with van der Waals surface area (Å²) in [6.07, 6.45) is 8.98. The zero-order valence-electron chi connectivity index (χ0n) is 15.3. The Morgan fingerprint density at radius 2 is 1.74 bits per heavy atom. The maximum absolute atomic E-state index is 13.6. The van der Waals surface area contributed by atoms with Crippen molar-refractivity contribution in [2.24, 2.45) is 17.3 Å². The van der Waals surface area contributed by atoms with Gasteiger partial charge in [0.2, 0.25) is 0 Å². The Hall–Kier alpha value is -2.67. The van der Waals surface area contributed by atoms with Crippen molar-refractivity contribution in [2.75, 3.05) is 0 Å². The smallest absolute Gasteiger partial charge is 0.169 e. The predicted molar refractivity (Wildman–Crippen MR) is 110 cm³/mol. The van der Waals surface area contributed by atoms with Crippen LogP contribution in [0.1, 0.15) is 35.2 Å². The molecule has 0 heterocycles. The highest BCUT2D eigenvalue weighted by molar-refractivity contribution is 6.06. The minimum atomic E-state index is -0.114. The highest BCUT2D eigenvalue weighted by atomic mass is 16.1. The van der Waals surface area contributed by atoms with Gasteiger partial charge in [0.1, 0.15) is 0 Å². The Bertz CT molecular complexity index is 1110. The molecule has 2 bridgehead atoms. The predicted octanol–water partition coefficient (Wildman–Crippen LogP) is 6.22. The van der Waals surface area contributed by atoms with E-state index in [0.29, 0.717) is 17.6 Å². The lowest BCUT2D eigenvalue weighted by atomic mass is 9.63. The van der Waals surface area contributed by atoms with E-state index in [2.05, 4.69) is 66.7 Å². The number of Topliss-reactive ketones (excluding diaryl/α,β-unsaturated/α-hetero) is 1. The average Bonchev–Trinajstić information content (AvgIpc) is 3.32. The molecule has 0 saturated heterocycles. The van der Waals surface area contributed by atoms with Crippen LogP contribution in [-0.4, -0.2) is 5.78 Å². The largest absolute Gasteiger partial charge is 0.294 e. The summed E-state index contributed by atoms with van der Waals surface area (Å²) < 4.78 is 0. The summed E-state index contributed by atoms with van der Waals surface area (Å²) in [6.45, 7) is 0. The molecule has 0 amide bonds. The van der Waals surface area contributed by atoms with Crippen molar-refractivity contribution in [1.82, 2.24) is 0 Å². The van der Waals surface area contributed by atoms with Crippen LogP contribution in [0.2, 0.25) is 0 Å². The van der Waals surface area contributed by atoms with Gasteiger partial charge in [-0.25, -0.2) is 0 Å². The third kappa shape index (κ3) is 2.15. The van der Waals surface area contributed by atoms with Gasteiger partial charge in [-0.1, -0.05) is 60.7 Å². The number of fused-ring (bicyclic) bond motifs is 5. The standard InChI is InChI=1S/C26H22O/c27-25-24-15-22-14-19(18-4-2-1-3-5-18)7-8-20(22)13-21(24)10-11-26(25)16-17-6-9-23(26)12-17/h1-9,13-15,17,23H,10-12,16H2. The Balaban J connectivity index is 1.48. The van der Waals surface area contributed by atoms with Crippen LogP contribution in [0.4, 0.5) is 0 Å². The van der Waals surface area contributed by atoms with Crippen molar-refractivity contribution in [3.63, 3.8) is 0 Å². The number of hydrogen-bond acceptors (Lipinski definition) is 1. The first-order chi connectivity index (χ1) is 13.2. The molecular formula is C26H22O. The summed E-state index contributed by atoms with van der Waals surface area (Å²) in [6, 6.07) is 21.5. The lowest BCUT2D eigenvalue weighted by molar-refractivity contribution is 0.0703. The van der Waals surface area contributed by atoms with Crippen molar-refractivity contribution in [3.8, 4) is 11.1 Å². The molecular weight excluding hydrogens is 328 g/mol. The Morgan fingerprint density at radius 1 is 0.852 bits per heavy atom. The van der Waals surface area contributed by atoms with Crippen LogP contribution in [0.5, 0.6) is 0 Å². The lowest BCUT2D eigenvalue weighted by Crippen LogP contribution is -2.39. The van der Waals surface area contributed by atoms with Crippen LogP contribution < -0.4 is 0 Å². The van der Waals surface area contributed by atoms with Gasteiger partial charge < -0.3 is 0 Å². The van der Waals surface area contributed by atoms with E-state index >= 15 is 0 Å². The highest BCUT2D eigenvalue weighted by Crippen LogP contribution is 2.57. The van der Waals surface area contributed by atoms with Gasteiger partial charge >= 0.3 is 0 Å². The van der Waals surface area contributed by atoms with Crippen LogP contribution in [0.3, 0.4) is 0 Å². The van der Waals surface area contributed by atoms with Gasteiger partial charge in [-0.2, -0.15) is 0 Å². The number of allylic oxidation sites excluding steroid dienone is 2. The van der Waals surface area contributed by atoms with Crippen LogP contribution in [-0.2, 0) is 6.42 Å². The number of benzene rings is 3. The number of ketones is 1. The molecule has 0 radical (unpaired) electrons. The fourth-order valence-corrected chi connectivity index (χ4v) is 5.82. The van der Waals surface area contributed by atoms with Crippen LogP contribution in [0, 0.1) is 17.3 Å². The van der Waals surface area contributed by atoms with Crippen LogP contribution in [0.25, 0.3) is 21.9 Å². The van der Waals surface area contributed by atoms with Gasteiger partial charge in [-0.15, -0.1) is 0 Å². The summed E-state index contributed by atoms with van der Waals surface area (Å²) in [4.78, 5) is 13.6.